The number of hydrogen-bond acceptors (Lipinski definition) is 8. The fourth-order valence-corrected chi connectivity index (χ4v) is 8.95. The van der Waals surface area contributed by atoms with E-state index in [1.807, 2.05) is 103 Å². The first kappa shape index (κ1) is 43.3. The number of aryl methyl sites for hydroxylation is 2. The minimum atomic E-state index is -0.509. The van der Waals surface area contributed by atoms with Gasteiger partial charge in [0.05, 0.1) is 13.2 Å². The average molecular weight is 875 g/mol. The first-order chi connectivity index (χ1) is 32.2. The van der Waals surface area contributed by atoms with E-state index < -0.39 is 5.97 Å². The van der Waals surface area contributed by atoms with Gasteiger partial charge in [0.15, 0.2) is 0 Å². The molecule has 66 heavy (non-hydrogen) atoms. The number of benzene rings is 9. The number of ether oxygens (including phenoxy) is 3. The van der Waals surface area contributed by atoms with Gasteiger partial charge in [0.2, 0.25) is 0 Å². The van der Waals surface area contributed by atoms with Gasteiger partial charge in [-0.25, -0.2) is 4.79 Å². The molecule has 0 atom stereocenters. The number of esters is 1. The van der Waals surface area contributed by atoms with E-state index in [1.165, 1.54) is 0 Å². The number of carbonyl (C=O) groups is 1. The number of unbranched alkanes of at least 4 members (excludes halogenated alkanes) is 2. The Morgan fingerprint density at radius 3 is 1.29 bits per heavy atom. The Morgan fingerprint density at radius 2 is 0.848 bits per heavy atom. The van der Waals surface area contributed by atoms with E-state index in [2.05, 4.69) is 30.8 Å². The molecule has 0 bridgehead atoms. The van der Waals surface area contributed by atoms with E-state index in [-0.39, 0.29) is 29.6 Å². The van der Waals surface area contributed by atoms with Gasteiger partial charge >= 0.3 is 5.97 Å². The Bertz CT molecular complexity index is 3060. The number of carbonyl (C=O) groups excluding carboxylic acids is 1. The lowest BCUT2D eigenvalue weighted by molar-refractivity contribution is -0.139. The molecular weight excluding hydrogens is 825 g/mol. The van der Waals surface area contributed by atoms with Crippen molar-refractivity contribution in [1.82, 2.24) is 0 Å². The zero-order valence-electron chi connectivity index (χ0n) is 36.5. The first-order valence-electron chi connectivity index (χ1n) is 22.3. The van der Waals surface area contributed by atoms with Crippen molar-refractivity contribution in [3.8, 4) is 56.8 Å². The largest absolute Gasteiger partial charge is 0.507 e. The lowest BCUT2D eigenvalue weighted by Gasteiger charge is -2.15. The summed E-state index contributed by atoms with van der Waals surface area (Å²) in [5.41, 5.74) is 5.55. The van der Waals surface area contributed by atoms with Gasteiger partial charge < -0.3 is 34.6 Å². The summed E-state index contributed by atoms with van der Waals surface area (Å²) in [6.45, 7) is 4.52. The van der Waals surface area contributed by atoms with Crippen LogP contribution in [-0.4, -0.2) is 39.6 Å². The molecule has 0 heterocycles. The highest BCUT2D eigenvalue weighted by Gasteiger charge is 2.19. The smallest absolute Gasteiger partial charge is 0.330 e. The molecule has 4 N–H and O–H groups in total. The van der Waals surface area contributed by atoms with Crippen LogP contribution in [-0.2, 0) is 29.0 Å². The second-order valence-electron chi connectivity index (χ2n) is 16.6. The molecule has 0 aliphatic rings. The van der Waals surface area contributed by atoms with Crippen LogP contribution in [0.4, 0.5) is 0 Å². The van der Waals surface area contributed by atoms with Gasteiger partial charge in [-0.3, -0.25) is 0 Å². The number of rotatable bonds is 17. The molecule has 0 aromatic heterocycles. The number of aromatic hydroxyl groups is 4. The molecule has 0 unspecified atom stereocenters. The normalized spacial score (nSPS) is 11.3. The molecule has 9 rings (SSSR count). The SMILES string of the molecule is C=CC(=O)OCc1cc(OCCCCc2ccc3c(-c4c(O)ccc5ccccc45)c(O)ccc3c2)cc(OCCCCc2ccc3c(-c4c(O)ccc5ccccc45)c(O)ccc3c2)c1. The standard InChI is InChI=1S/C58H50O8/c1-2-54(63)66-36-39-33-44(64-29-9-7-11-37-17-23-48-42(31-37)21-27-52(61)57(48)55-46-15-5-3-13-40(46)19-25-50(55)59)35-45(34-39)65-30-10-8-12-38-18-24-49-43(32-38)22-28-53(62)58(49)56-47-16-6-4-14-41(47)20-26-51(56)60/h2-6,13-28,31-35,59-62H,1,7-12,29-30,36H2. The second-order valence-corrected chi connectivity index (χ2v) is 16.6. The molecule has 0 saturated heterocycles. The summed E-state index contributed by atoms with van der Waals surface area (Å²) >= 11 is 0. The second kappa shape index (κ2) is 19.4. The molecule has 0 aliphatic carbocycles. The molecule has 9 aromatic carbocycles. The maximum atomic E-state index is 11.9. The maximum absolute atomic E-state index is 11.9. The molecule has 8 heteroatoms. The summed E-state index contributed by atoms with van der Waals surface area (Å²) in [6, 6.07) is 48.1. The van der Waals surface area contributed by atoms with Crippen LogP contribution >= 0.6 is 0 Å². The highest BCUT2D eigenvalue weighted by atomic mass is 16.5. The van der Waals surface area contributed by atoms with Crippen LogP contribution in [0.1, 0.15) is 42.4 Å². The molecule has 9 aromatic rings. The minimum absolute atomic E-state index is 0.0571. The highest BCUT2D eigenvalue weighted by molar-refractivity contribution is 6.11. The lowest BCUT2D eigenvalue weighted by atomic mass is 9.91. The van der Waals surface area contributed by atoms with E-state index >= 15 is 0 Å². The van der Waals surface area contributed by atoms with Crippen molar-refractivity contribution in [3.05, 3.63) is 181 Å². The molecule has 0 saturated carbocycles. The first-order valence-corrected chi connectivity index (χ1v) is 22.3. The highest BCUT2D eigenvalue weighted by Crippen LogP contribution is 2.46. The number of phenols is 4. The van der Waals surface area contributed by atoms with Crippen LogP contribution in [0.15, 0.2) is 164 Å². The van der Waals surface area contributed by atoms with Crippen molar-refractivity contribution < 1.29 is 39.4 Å². The third-order valence-electron chi connectivity index (χ3n) is 12.2. The molecule has 0 aliphatic heterocycles. The van der Waals surface area contributed by atoms with Gasteiger partial charge in [0.1, 0.15) is 41.1 Å². The topological polar surface area (TPSA) is 126 Å². The Hall–Kier alpha value is -7.97. The lowest BCUT2D eigenvalue weighted by Crippen LogP contribution is -2.04. The van der Waals surface area contributed by atoms with Crippen molar-refractivity contribution in [1.29, 1.82) is 0 Å². The monoisotopic (exact) mass is 874 g/mol. The van der Waals surface area contributed by atoms with E-state index in [1.54, 1.807) is 24.3 Å². The summed E-state index contributed by atoms with van der Waals surface area (Å²) in [5, 5.41) is 51.4. The average Bonchev–Trinajstić information content (AvgIpc) is 3.33. The summed E-state index contributed by atoms with van der Waals surface area (Å²) in [4.78, 5) is 11.9. The number of phenolic OH excluding ortho intramolecular Hbond substituents is 4. The van der Waals surface area contributed by atoms with E-state index in [0.29, 0.717) is 47.0 Å². The zero-order valence-corrected chi connectivity index (χ0v) is 36.5. The molecule has 0 radical (unpaired) electrons. The maximum Gasteiger partial charge on any atom is 0.330 e. The molecule has 0 fully saturated rings. The molecule has 0 spiro atoms. The summed E-state index contributed by atoms with van der Waals surface area (Å²) in [5.74, 6) is 1.23. The molecular formula is C58H50O8. The van der Waals surface area contributed by atoms with Crippen molar-refractivity contribution in [2.24, 2.45) is 0 Å². The fraction of sp³-hybridized carbons (Fsp3) is 0.155. The van der Waals surface area contributed by atoms with Crippen LogP contribution in [0.2, 0.25) is 0 Å². The third-order valence-corrected chi connectivity index (χ3v) is 12.2. The van der Waals surface area contributed by atoms with Crippen LogP contribution in [0.3, 0.4) is 0 Å². The summed E-state index contributed by atoms with van der Waals surface area (Å²) in [6.07, 6.45) is 6.18. The Labute approximate surface area is 383 Å². The summed E-state index contributed by atoms with van der Waals surface area (Å²) < 4.78 is 17.8. The van der Waals surface area contributed by atoms with Crippen molar-refractivity contribution >= 4 is 49.1 Å². The fourth-order valence-electron chi connectivity index (χ4n) is 8.95. The van der Waals surface area contributed by atoms with E-state index in [9.17, 15) is 25.2 Å². The van der Waals surface area contributed by atoms with Crippen LogP contribution in [0.5, 0.6) is 34.5 Å². The molecule has 0 amide bonds. The number of hydrogen-bond donors (Lipinski definition) is 4. The third kappa shape index (κ3) is 9.31. The van der Waals surface area contributed by atoms with Crippen LogP contribution in [0, 0.1) is 0 Å². The quantitative estimate of drug-likeness (QED) is 0.0405. The van der Waals surface area contributed by atoms with Crippen molar-refractivity contribution in [3.63, 3.8) is 0 Å². The van der Waals surface area contributed by atoms with Gasteiger partial charge in [0, 0.05) is 34.4 Å². The van der Waals surface area contributed by atoms with Gasteiger partial charge in [-0.05, 0) is 135 Å². The minimum Gasteiger partial charge on any atom is -0.507 e. The Morgan fingerprint density at radius 1 is 0.439 bits per heavy atom. The van der Waals surface area contributed by atoms with E-state index in [0.717, 1.165) is 104 Å². The van der Waals surface area contributed by atoms with Gasteiger partial charge in [0.25, 0.3) is 0 Å². The summed E-state index contributed by atoms with van der Waals surface area (Å²) in [7, 11) is 0. The van der Waals surface area contributed by atoms with Gasteiger partial charge in [-0.1, -0.05) is 116 Å². The zero-order chi connectivity index (χ0) is 45.6. The van der Waals surface area contributed by atoms with Crippen molar-refractivity contribution in [2.75, 3.05) is 13.2 Å². The van der Waals surface area contributed by atoms with Crippen molar-refractivity contribution in [2.45, 2.75) is 45.1 Å². The predicted octanol–water partition coefficient (Wildman–Crippen LogP) is 13.5. The van der Waals surface area contributed by atoms with Gasteiger partial charge in [-0.15, -0.1) is 0 Å². The number of fused-ring (bicyclic) bond motifs is 4. The Balaban J connectivity index is 0.807. The van der Waals surface area contributed by atoms with E-state index in [4.69, 9.17) is 14.2 Å². The molecule has 330 valence electrons. The molecule has 8 nitrogen and oxygen atoms in total. The van der Waals surface area contributed by atoms with Gasteiger partial charge in [-0.2, -0.15) is 0 Å². The van der Waals surface area contributed by atoms with Crippen LogP contribution < -0.4 is 9.47 Å². The van der Waals surface area contributed by atoms with Crippen LogP contribution in [0.25, 0.3) is 65.3 Å². The predicted molar refractivity (Wildman–Crippen MR) is 264 cm³/mol. The Kier molecular flexibility index (Phi) is 12.7.